The van der Waals surface area contributed by atoms with Crippen LogP contribution in [0.2, 0.25) is 0 Å². The molecule has 142 valence electrons. The molecule has 5 nitrogen and oxygen atoms in total. The molecular weight excluding hydrogens is 352 g/mol. The van der Waals surface area contributed by atoms with Gasteiger partial charge in [0.05, 0.1) is 5.56 Å². The average molecular weight is 378 g/mol. The number of halogens is 3. The number of carbonyl (C=O) groups is 2. The molecule has 1 unspecified atom stereocenters. The Balaban J connectivity index is 0.00000576. The van der Waals surface area contributed by atoms with Gasteiger partial charge >= 0.3 is 0 Å². The molecule has 0 aliphatic carbocycles. The van der Waals surface area contributed by atoms with Crippen molar-refractivity contribution in [3.05, 3.63) is 35.4 Å². The van der Waals surface area contributed by atoms with E-state index in [1.807, 2.05) is 0 Å². The van der Waals surface area contributed by atoms with Crippen molar-refractivity contribution < 1.29 is 18.4 Å². The monoisotopic (exact) mass is 377 g/mol. The summed E-state index contributed by atoms with van der Waals surface area (Å²) in [6, 6.07) is 2.74. The van der Waals surface area contributed by atoms with Crippen LogP contribution >= 0.6 is 12.4 Å². The molecule has 0 saturated heterocycles. The quantitative estimate of drug-likeness (QED) is 0.548. The predicted octanol–water partition coefficient (Wildman–Crippen LogP) is 2.53. The molecule has 0 bridgehead atoms. The lowest BCUT2D eigenvalue weighted by molar-refractivity contribution is -0.121. The van der Waals surface area contributed by atoms with Gasteiger partial charge in [0.15, 0.2) is 0 Å². The molecule has 0 heterocycles. The summed E-state index contributed by atoms with van der Waals surface area (Å²) in [6.45, 7) is 2.69. The van der Waals surface area contributed by atoms with E-state index in [4.69, 9.17) is 5.73 Å². The van der Waals surface area contributed by atoms with Crippen molar-refractivity contribution >= 4 is 24.2 Å². The molecule has 1 rings (SSSR count). The van der Waals surface area contributed by atoms with E-state index in [0.717, 1.165) is 31.4 Å². The number of hydrogen-bond donors (Lipinski definition) is 3. The first-order valence-electron chi connectivity index (χ1n) is 8.20. The van der Waals surface area contributed by atoms with Crippen LogP contribution in [0, 0.1) is 11.6 Å². The second-order valence-electron chi connectivity index (χ2n) is 5.63. The number of hydrogen-bond acceptors (Lipinski definition) is 3. The van der Waals surface area contributed by atoms with Crippen LogP contribution in [0.3, 0.4) is 0 Å². The number of nitrogens with two attached hydrogens (primary N) is 1. The van der Waals surface area contributed by atoms with E-state index in [2.05, 4.69) is 17.6 Å². The van der Waals surface area contributed by atoms with Crippen molar-refractivity contribution in [1.29, 1.82) is 0 Å². The van der Waals surface area contributed by atoms with Crippen LogP contribution < -0.4 is 16.4 Å². The molecule has 0 radical (unpaired) electrons. The third kappa shape index (κ3) is 8.79. The SMILES string of the molecule is CCCCC(CN)NC(=O)CCCNC(=O)c1ccc(F)cc1F.Cl. The van der Waals surface area contributed by atoms with Crippen LogP contribution in [0.1, 0.15) is 49.4 Å². The van der Waals surface area contributed by atoms with E-state index < -0.39 is 17.5 Å². The van der Waals surface area contributed by atoms with Gasteiger partial charge in [0.1, 0.15) is 11.6 Å². The Kier molecular flexibility index (Phi) is 11.7. The zero-order valence-electron chi connectivity index (χ0n) is 14.3. The normalized spacial score (nSPS) is 11.4. The predicted molar refractivity (Wildman–Crippen MR) is 95.7 cm³/mol. The maximum absolute atomic E-state index is 13.4. The molecular formula is C17H26ClF2N3O2. The van der Waals surface area contributed by atoms with E-state index >= 15 is 0 Å². The highest BCUT2D eigenvalue weighted by Crippen LogP contribution is 2.09. The maximum atomic E-state index is 13.4. The molecule has 25 heavy (non-hydrogen) atoms. The Morgan fingerprint density at radius 3 is 2.56 bits per heavy atom. The summed E-state index contributed by atoms with van der Waals surface area (Å²) < 4.78 is 26.2. The number of amides is 2. The fraction of sp³-hybridized carbons (Fsp3) is 0.529. The number of rotatable bonds is 10. The molecule has 2 amide bonds. The second-order valence-corrected chi connectivity index (χ2v) is 5.63. The van der Waals surface area contributed by atoms with E-state index in [0.29, 0.717) is 19.0 Å². The van der Waals surface area contributed by atoms with Crippen LogP contribution in [-0.4, -0.2) is 30.9 Å². The summed E-state index contributed by atoms with van der Waals surface area (Å²) in [5, 5.41) is 5.37. The molecule has 0 spiro atoms. The lowest BCUT2D eigenvalue weighted by Crippen LogP contribution is -2.40. The highest BCUT2D eigenvalue weighted by Gasteiger charge is 2.13. The van der Waals surface area contributed by atoms with Crippen molar-refractivity contribution in [2.24, 2.45) is 5.73 Å². The summed E-state index contributed by atoms with van der Waals surface area (Å²) in [5.41, 5.74) is 5.39. The van der Waals surface area contributed by atoms with Gasteiger partial charge in [-0.25, -0.2) is 8.78 Å². The third-order valence-corrected chi connectivity index (χ3v) is 3.60. The van der Waals surface area contributed by atoms with Gasteiger partial charge in [0.25, 0.3) is 5.91 Å². The zero-order chi connectivity index (χ0) is 17.9. The van der Waals surface area contributed by atoms with Gasteiger partial charge in [0.2, 0.25) is 5.91 Å². The van der Waals surface area contributed by atoms with E-state index in [9.17, 15) is 18.4 Å². The fourth-order valence-electron chi connectivity index (χ4n) is 2.22. The Bertz CT molecular complexity index is 559. The number of nitrogens with one attached hydrogen (secondary N) is 2. The van der Waals surface area contributed by atoms with Crippen molar-refractivity contribution in [3.63, 3.8) is 0 Å². The van der Waals surface area contributed by atoms with E-state index in [1.54, 1.807) is 0 Å². The van der Waals surface area contributed by atoms with Gasteiger partial charge in [-0.1, -0.05) is 19.8 Å². The molecule has 0 saturated carbocycles. The lowest BCUT2D eigenvalue weighted by Gasteiger charge is -2.16. The van der Waals surface area contributed by atoms with Crippen molar-refractivity contribution in [2.45, 2.75) is 45.1 Å². The van der Waals surface area contributed by atoms with Gasteiger partial charge in [-0.3, -0.25) is 9.59 Å². The Morgan fingerprint density at radius 2 is 1.96 bits per heavy atom. The number of unbranched alkanes of at least 4 members (excludes halogenated alkanes) is 1. The Hall–Kier alpha value is -1.73. The molecule has 0 fully saturated rings. The van der Waals surface area contributed by atoms with Crippen LogP contribution in [0.25, 0.3) is 0 Å². The van der Waals surface area contributed by atoms with Crippen molar-refractivity contribution in [2.75, 3.05) is 13.1 Å². The summed E-state index contributed by atoms with van der Waals surface area (Å²) in [6.07, 6.45) is 3.55. The highest BCUT2D eigenvalue weighted by atomic mass is 35.5. The topological polar surface area (TPSA) is 84.2 Å². The molecule has 0 aliphatic heterocycles. The van der Waals surface area contributed by atoms with Crippen LogP contribution in [0.5, 0.6) is 0 Å². The number of benzene rings is 1. The first-order chi connectivity index (χ1) is 11.5. The van der Waals surface area contributed by atoms with Crippen LogP contribution in [0.4, 0.5) is 8.78 Å². The van der Waals surface area contributed by atoms with Crippen LogP contribution in [-0.2, 0) is 4.79 Å². The van der Waals surface area contributed by atoms with Crippen molar-refractivity contribution in [1.82, 2.24) is 10.6 Å². The molecule has 0 aliphatic rings. The smallest absolute Gasteiger partial charge is 0.254 e. The summed E-state index contributed by atoms with van der Waals surface area (Å²) in [5.74, 6) is -2.40. The summed E-state index contributed by atoms with van der Waals surface area (Å²) in [7, 11) is 0. The largest absolute Gasteiger partial charge is 0.352 e. The second kappa shape index (κ2) is 12.6. The number of carbonyl (C=O) groups excluding carboxylic acids is 2. The highest BCUT2D eigenvalue weighted by molar-refractivity contribution is 5.94. The Labute approximate surface area is 153 Å². The van der Waals surface area contributed by atoms with Gasteiger partial charge in [0, 0.05) is 31.6 Å². The summed E-state index contributed by atoms with van der Waals surface area (Å²) in [4.78, 5) is 23.6. The van der Waals surface area contributed by atoms with Crippen molar-refractivity contribution in [3.8, 4) is 0 Å². The minimum atomic E-state index is -0.910. The molecule has 0 aromatic heterocycles. The standard InChI is InChI=1S/C17H25F2N3O2.ClH/c1-2-3-5-13(11-20)22-16(23)6-4-9-21-17(24)14-8-7-12(18)10-15(14)19;/h7-8,10,13H,2-6,9,11,20H2,1H3,(H,21,24)(H,22,23);1H. The average Bonchev–Trinajstić information content (AvgIpc) is 2.55. The zero-order valence-corrected chi connectivity index (χ0v) is 15.1. The maximum Gasteiger partial charge on any atom is 0.254 e. The minimum Gasteiger partial charge on any atom is -0.352 e. The fourth-order valence-corrected chi connectivity index (χ4v) is 2.22. The van der Waals surface area contributed by atoms with Gasteiger partial charge in [-0.2, -0.15) is 0 Å². The molecule has 8 heteroatoms. The first-order valence-corrected chi connectivity index (χ1v) is 8.20. The third-order valence-electron chi connectivity index (χ3n) is 3.60. The van der Waals surface area contributed by atoms with Gasteiger partial charge in [-0.15, -0.1) is 12.4 Å². The molecule has 1 aromatic rings. The molecule has 1 aromatic carbocycles. The van der Waals surface area contributed by atoms with Crippen LogP contribution in [0.15, 0.2) is 18.2 Å². The van der Waals surface area contributed by atoms with Gasteiger partial charge < -0.3 is 16.4 Å². The van der Waals surface area contributed by atoms with E-state index in [1.165, 1.54) is 0 Å². The summed E-state index contributed by atoms with van der Waals surface area (Å²) >= 11 is 0. The molecule has 4 N–H and O–H groups in total. The first kappa shape index (κ1) is 23.3. The molecule has 1 atom stereocenters. The Morgan fingerprint density at radius 1 is 1.24 bits per heavy atom. The van der Waals surface area contributed by atoms with E-state index in [-0.39, 0.29) is 42.9 Å². The lowest BCUT2D eigenvalue weighted by atomic mass is 10.1. The van der Waals surface area contributed by atoms with Gasteiger partial charge in [-0.05, 0) is 25.0 Å². The minimum absolute atomic E-state index is 0.